The zero-order chi connectivity index (χ0) is 23.3. The third-order valence-electron chi connectivity index (χ3n) is 4.69. The van der Waals surface area contributed by atoms with E-state index >= 15 is 0 Å². The van der Waals surface area contributed by atoms with Crippen molar-refractivity contribution < 1.29 is 49.7 Å². The Morgan fingerprint density at radius 2 is 1.35 bits per heavy atom. The van der Waals surface area contributed by atoms with Gasteiger partial charge in [0.05, 0.1) is 30.4 Å². The van der Waals surface area contributed by atoms with E-state index in [1.165, 1.54) is 14.2 Å². The number of hydrogen-bond donors (Lipinski definition) is 0. The topological polar surface area (TPSA) is 83.8 Å². The van der Waals surface area contributed by atoms with Crippen molar-refractivity contribution in [3.63, 3.8) is 0 Å². The van der Waals surface area contributed by atoms with Crippen LogP contribution in [0.2, 0.25) is 39.3 Å². The van der Waals surface area contributed by atoms with Gasteiger partial charge < -0.3 is 9.47 Å². The monoisotopic (exact) mass is 648 g/mol. The van der Waals surface area contributed by atoms with Gasteiger partial charge in [0.25, 0.3) is 6.79 Å². The van der Waals surface area contributed by atoms with Gasteiger partial charge in [-0.15, -0.1) is 0 Å². The number of methoxy groups -OCH3 is 2. The molecule has 2 aromatic rings. The molecule has 2 radical (unpaired) electrons. The third-order valence-corrected chi connectivity index (χ3v) is 21.2. The summed E-state index contributed by atoms with van der Waals surface area (Å²) in [6.07, 6.45) is 0. The molecule has 168 valence electrons. The van der Waals surface area contributed by atoms with Crippen LogP contribution in [-0.2, 0) is 35.3 Å². The van der Waals surface area contributed by atoms with Crippen molar-refractivity contribution in [2.75, 3.05) is 14.2 Å². The molecule has 1 aromatic carbocycles. The Hall–Kier alpha value is -1.34. The van der Waals surface area contributed by atoms with Gasteiger partial charge in [-0.3, -0.25) is 4.79 Å². The molecule has 2 rings (SSSR count). The van der Waals surface area contributed by atoms with Crippen LogP contribution in [0.15, 0.2) is 30.3 Å². The van der Waals surface area contributed by atoms with Crippen LogP contribution < -0.4 is 4.75 Å². The van der Waals surface area contributed by atoms with E-state index in [1.807, 2.05) is 30.3 Å². The molecule has 1 unspecified atom stereocenters. The van der Waals surface area contributed by atoms with E-state index in [2.05, 4.69) is 50.8 Å². The molecular weight excluding hydrogens is 617 g/mol. The van der Waals surface area contributed by atoms with Gasteiger partial charge in [-0.2, -0.15) is 0 Å². The maximum Gasteiger partial charge on any atom is 0.348 e. The van der Waals surface area contributed by atoms with Crippen molar-refractivity contribution in [3.05, 3.63) is 41.2 Å². The Bertz CT molecular complexity index is 878. The molecule has 0 amide bonds. The standard InChI is InChI=1S/C20H30NO4PSi2.CO.W/c1-24-18(22)15-16(14-12-10-9-11-13-14)21-26(17(15)19(23)25-2)20(27(3,4)5)28(6,7)8;1-2;/h9-13,20H,1-8H3;;/p+1. The fourth-order valence-electron chi connectivity index (χ4n) is 4.15. The minimum Gasteiger partial charge on any atom is -0.465 e. The van der Waals surface area contributed by atoms with Crippen LogP contribution in [0.4, 0.5) is 0 Å². The number of esters is 2. The number of aromatic nitrogens is 1. The van der Waals surface area contributed by atoms with Crippen LogP contribution in [-0.4, -0.2) is 49.1 Å². The quantitative estimate of drug-likeness (QED) is 0.338. The summed E-state index contributed by atoms with van der Waals surface area (Å²) in [5, 5.41) is 0.470. The van der Waals surface area contributed by atoms with Crippen LogP contribution in [0.25, 0.3) is 11.3 Å². The summed E-state index contributed by atoms with van der Waals surface area (Å²) in [7, 11) is -1.72. The summed E-state index contributed by atoms with van der Waals surface area (Å²) in [6, 6.07) is 9.66. The molecule has 1 atom stereocenters. The molecule has 0 fully saturated rings. The molecule has 0 bridgehead atoms. The molecule has 0 spiro atoms. The maximum absolute atomic E-state index is 12.9. The van der Waals surface area contributed by atoms with E-state index in [-0.39, 0.29) is 21.1 Å². The van der Waals surface area contributed by atoms with Gasteiger partial charge >= 0.3 is 11.9 Å². The first-order valence-corrected chi connectivity index (χ1v) is 18.1. The van der Waals surface area contributed by atoms with Gasteiger partial charge in [0, 0.05) is 31.5 Å². The number of nitrogens with one attached hydrogen (secondary N) is 1. The Labute approximate surface area is 202 Å². The number of carbonyl (C=O) groups excluding carboxylic acids is 3. The van der Waals surface area contributed by atoms with Crippen molar-refractivity contribution in [2.24, 2.45) is 0 Å². The second-order valence-corrected chi connectivity index (χ2v) is 23.2. The van der Waals surface area contributed by atoms with Crippen LogP contribution in [0.3, 0.4) is 0 Å². The molecule has 6 nitrogen and oxygen atoms in total. The van der Waals surface area contributed by atoms with Gasteiger partial charge in [-0.25, -0.2) is 14.3 Å². The van der Waals surface area contributed by atoms with Crippen LogP contribution in [0.5, 0.6) is 0 Å². The summed E-state index contributed by atoms with van der Waals surface area (Å²) in [6.45, 7) is 18.5. The van der Waals surface area contributed by atoms with Crippen molar-refractivity contribution in [2.45, 2.75) is 44.2 Å². The SMILES string of the molecule is COC(=O)c1c(-c2ccccc2)[nH+]p(C([Si](C)(C)C)[Si](C)(C)C)c1C(=O)OC.[C]=O.[W]. The Kier molecular flexibility index (Phi) is 11.5. The molecule has 0 aliphatic carbocycles. The molecular formula is C21H31NO5PSi2W+. The summed E-state index contributed by atoms with van der Waals surface area (Å²) in [4.78, 5) is 33.6. The van der Waals surface area contributed by atoms with E-state index in [0.29, 0.717) is 21.5 Å². The van der Waals surface area contributed by atoms with Crippen molar-refractivity contribution in [3.8, 4) is 11.3 Å². The van der Waals surface area contributed by atoms with E-state index < -0.39 is 35.8 Å². The second kappa shape index (κ2) is 12.1. The van der Waals surface area contributed by atoms with E-state index in [9.17, 15) is 9.59 Å². The molecule has 0 saturated heterocycles. The minimum absolute atomic E-state index is 0. The predicted molar refractivity (Wildman–Crippen MR) is 125 cm³/mol. The number of rotatable bonds is 6. The summed E-state index contributed by atoms with van der Waals surface area (Å²) >= 11 is 0. The van der Waals surface area contributed by atoms with Crippen molar-refractivity contribution >= 4 is 42.6 Å². The average molecular weight is 648 g/mol. The first-order chi connectivity index (χ1) is 13.9. The zero-order valence-electron chi connectivity index (χ0n) is 19.4. The predicted octanol–water partition coefficient (Wildman–Crippen LogP) is 4.62. The summed E-state index contributed by atoms with van der Waals surface area (Å²) in [5.41, 5.74) is 1.88. The van der Waals surface area contributed by atoms with Crippen molar-refractivity contribution in [1.82, 2.24) is 0 Å². The smallest absolute Gasteiger partial charge is 0.348 e. The van der Waals surface area contributed by atoms with Gasteiger partial charge in [-0.1, -0.05) is 57.5 Å². The molecule has 0 aliphatic heterocycles. The van der Waals surface area contributed by atoms with Crippen LogP contribution in [0, 0.1) is 0 Å². The van der Waals surface area contributed by atoms with Crippen LogP contribution >= 0.6 is 7.69 Å². The summed E-state index contributed by atoms with van der Waals surface area (Å²) < 4.78 is 13.8. The van der Waals surface area contributed by atoms with Crippen molar-refractivity contribution in [1.29, 1.82) is 0 Å². The van der Waals surface area contributed by atoms with E-state index in [1.54, 1.807) is 0 Å². The van der Waals surface area contributed by atoms with Gasteiger partial charge in [0.1, 0.15) is 7.69 Å². The molecule has 1 aromatic heterocycles. The number of H-pyrrole nitrogens is 1. The number of hydrogen-bond acceptors (Lipinski definition) is 5. The van der Waals surface area contributed by atoms with Gasteiger partial charge in [-0.05, 0) is 12.1 Å². The second-order valence-electron chi connectivity index (χ2n) is 9.06. The fourth-order valence-corrected chi connectivity index (χ4v) is 23.6. The number of carbonyl (C=O) groups is 2. The average Bonchev–Trinajstić information content (AvgIpc) is 3.06. The molecule has 0 aliphatic rings. The van der Waals surface area contributed by atoms with E-state index in [0.717, 1.165) is 5.56 Å². The molecule has 0 saturated carbocycles. The molecule has 31 heavy (non-hydrogen) atoms. The first-order valence-electron chi connectivity index (χ1n) is 9.53. The van der Waals surface area contributed by atoms with Gasteiger partial charge in [0.15, 0.2) is 10.9 Å². The zero-order valence-corrected chi connectivity index (χ0v) is 25.2. The maximum atomic E-state index is 12.9. The molecule has 10 heteroatoms. The Balaban J connectivity index is 0.00000291. The minimum atomic E-state index is -1.67. The number of aromatic amines is 1. The Morgan fingerprint density at radius 1 is 0.903 bits per heavy atom. The van der Waals surface area contributed by atoms with Gasteiger partial charge in [0.2, 0.25) is 5.69 Å². The number of benzene rings is 1. The third kappa shape index (κ3) is 6.82. The number of ether oxygens (including phenoxy) is 2. The molecule has 1 heterocycles. The van der Waals surface area contributed by atoms with Crippen LogP contribution in [0.1, 0.15) is 25.4 Å². The normalized spacial score (nSPS) is 11.7. The van der Waals surface area contributed by atoms with E-state index in [4.69, 9.17) is 14.3 Å². The summed E-state index contributed by atoms with van der Waals surface area (Å²) in [5.74, 6) is -0.937. The first kappa shape index (κ1) is 29.7. The Morgan fingerprint density at radius 3 is 1.74 bits per heavy atom. The fraction of sp³-hybridized carbons (Fsp3) is 0.429. The largest absolute Gasteiger partial charge is 0.465 e. The molecule has 1 N–H and O–H groups in total.